The third-order valence-corrected chi connectivity index (χ3v) is 9.92. The van der Waals surface area contributed by atoms with Crippen LogP contribution in [-0.2, 0) is 32.7 Å². The molecule has 14 heteroatoms. The summed E-state index contributed by atoms with van der Waals surface area (Å²) in [5.74, 6) is -1.15. The maximum Gasteiger partial charge on any atom is 0.472 e. The molecule has 0 aromatic heterocycles. The lowest BCUT2D eigenvalue weighted by Gasteiger charge is -2.41. The second-order valence-corrected chi connectivity index (χ2v) is 15.2. The van der Waals surface area contributed by atoms with Crippen molar-refractivity contribution in [2.24, 2.45) is 0 Å². The number of aliphatic hydroxyl groups excluding tert-OH is 5. The Morgan fingerprint density at radius 3 is 1.61 bits per heavy atom. The highest BCUT2D eigenvalue weighted by Gasteiger charge is 2.51. The van der Waals surface area contributed by atoms with Gasteiger partial charge in [0.1, 0.15) is 43.2 Å². The molecule has 1 aliphatic carbocycles. The fourth-order valence-electron chi connectivity index (χ4n) is 5.69. The molecule has 0 aromatic rings. The highest BCUT2D eigenvalue weighted by molar-refractivity contribution is 7.47. The fourth-order valence-corrected chi connectivity index (χ4v) is 6.66. The zero-order chi connectivity index (χ0) is 40.0. The van der Waals surface area contributed by atoms with Gasteiger partial charge in [-0.1, -0.05) is 120 Å². The Labute approximate surface area is 322 Å². The van der Waals surface area contributed by atoms with Crippen molar-refractivity contribution in [3.8, 4) is 0 Å². The van der Waals surface area contributed by atoms with Gasteiger partial charge in [0.2, 0.25) is 0 Å². The number of esters is 2. The molecular weight excluding hydrogens is 719 g/mol. The van der Waals surface area contributed by atoms with E-state index in [0.717, 1.165) is 64.2 Å². The maximum atomic E-state index is 12.7. The van der Waals surface area contributed by atoms with Crippen molar-refractivity contribution in [3.05, 3.63) is 48.6 Å². The summed E-state index contributed by atoms with van der Waals surface area (Å²) in [4.78, 5) is 35.4. The number of phosphoric acid groups is 1. The second-order valence-electron chi connectivity index (χ2n) is 13.8. The van der Waals surface area contributed by atoms with Gasteiger partial charge in [-0.2, -0.15) is 0 Å². The quantitative estimate of drug-likeness (QED) is 0.0194. The van der Waals surface area contributed by atoms with Crippen molar-refractivity contribution in [3.63, 3.8) is 0 Å². The van der Waals surface area contributed by atoms with E-state index in [9.17, 15) is 44.6 Å². The summed E-state index contributed by atoms with van der Waals surface area (Å²) >= 11 is 0. The van der Waals surface area contributed by atoms with E-state index in [1.807, 2.05) is 0 Å². The summed E-state index contributed by atoms with van der Waals surface area (Å²) < 4.78 is 33.3. The van der Waals surface area contributed by atoms with Crippen LogP contribution >= 0.6 is 7.82 Å². The number of allylic oxidation sites excluding steroid dienone is 8. The predicted octanol–water partition coefficient (Wildman–Crippen LogP) is 6.44. The minimum Gasteiger partial charge on any atom is -0.462 e. The van der Waals surface area contributed by atoms with E-state index in [1.165, 1.54) is 32.1 Å². The monoisotopic (exact) mass is 788 g/mol. The summed E-state index contributed by atoms with van der Waals surface area (Å²) in [5, 5.41) is 49.9. The van der Waals surface area contributed by atoms with Crippen LogP contribution in [-0.4, -0.2) is 98.3 Å². The number of rotatable bonds is 31. The lowest BCUT2D eigenvalue weighted by atomic mass is 9.85. The Bertz CT molecular complexity index is 1140. The van der Waals surface area contributed by atoms with E-state index in [-0.39, 0.29) is 12.8 Å². The number of unbranched alkanes of at least 4 members (excludes halogenated alkanes) is 11. The Morgan fingerprint density at radius 2 is 1.06 bits per heavy atom. The minimum absolute atomic E-state index is 0.0874. The molecule has 1 fully saturated rings. The summed E-state index contributed by atoms with van der Waals surface area (Å²) in [6.07, 6.45) is 20.5. The largest absolute Gasteiger partial charge is 0.472 e. The maximum absolute atomic E-state index is 12.7. The first-order valence-corrected chi connectivity index (χ1v) is 21.4. The van der Waals surface area contributed by atoms with Gasteiger partial charge in [-0.25, -0.2) is 4.57 Å². The van der Waals surface area contributed by atoms with Crippen molar-refractivity contribution in [2.75, 3.05) is 13.2 Å². The van der Waals surface area contributed by atoms with E-state index in [2.05, 4.69) is 62.5 Å². The first kappa shape index (κ1) is 49.8. The van der Waals surface area contributed by atoms with Crippen molar-refractivity contribution in [1.29, 1.82) is 0 Å². The molecule has 6 unspecified atom stereocenters. The van der Waals surface area contributed by atoms with E-state index >= 15 is 0 Å². The molecule has 13 nitrogen and oxygen atoms in total. The molecule has 0 saturated heterocycles. The number of carbonyl (C=O) groups excluding carboxylic acids is 2. The average molecular weight is 789 g/mol. The van der Waals surface area contributed by atoms with E-state index in [4.69, 9.17) is 18.5 Å². The molecule has 1 saturated carbocycles. The number of aliphatic hydroxyl groups is 5. The van der Waals surface area contributed by atoms with Gasteiger partial charge in [0, 0.05) is 12.8 Å². The number of ether oxygens (including phenoxy) is 2. The van der Waals surface area contributed by atoms with Crippen LogP contribution in [0.4, 0.5) is 0 Å². The van der Waals surface area contributed by atoms with Crippen molar-refractivity contribution in [2.45, 2.75) is 179 Å². The zero-order valence-corrected chi connectivity index (χ0v) is 33.4. The molecule has 0 bridgehead atoms. The van der Waals surface area contributed by atoms with Gasteiger partial charge < -0.3 is 39.9 Å². The van der Waals surface area contributed by atoms with Crippen molar-refractivity contribution >= 4 is 19.8 Å². The lowest BCUT2D eigenvalue weighted by molar-refractivity contribution is -0.220. The topological polar surface area (TPSA) is 210 Å². The Kier molecular flexibility index (Phi) is 28.6. The van der Waals surface area contributed by atoms with Crippen molar-refractivity contribution in [1.82, 2.24) is 0 Å². The summed E-state index contributed by atoms with van der Waals surface area (Å²) in [5.41, 5.74) is 0. The third kappa shape index (κ3) is 23.7. The minimum atomic E-state index is -5.12. The number of hydrogen-bond acceptors (Lipinski definition) is 12. The SMILES string of the molecule is CC/C=C\C/C=C\C/C=C\C/C=C\CCCCC(=O)OC[C@H](COP(=O)(O)OC1C(O)C(O)C(O)[C@@H](O)C1O)OC(=O)CCCCCCCCCCCC. The fraction of sp³-hybridized carbons (Fsp3) is 0.750. The van der Waals surface area contributed by atoms with Crippen LogP contribution in [0, 0.1) is 0 Å². The van der Waals surface area contributed by atoms with Crippen LogP contribution in [0.25, 0.3) is 0 Å². The molecule has 0 radical (unpaired) electrons. The molecule has 312 valence electrons. The summed E-state index contributed by atoms with van der Waals surface area (Å²) in [6, 6.07) is 0. The molecule has 0 aliphatic heterocycles. The van der Waals surface area contributed by atoms with Gasteiger partial charge in [-0.3, -0.25) is 18.6 Å². The summed E-state index contributed by atoms with van der Waals surface area (Å²) in [6.45, 7) is 3.09. The molecule has 0 aromatic carbocycles. The van der Waals surface area contributed by atoms with Crippen LogP contribution in [0.5, 0.6) is 0 Å². The Balaban J connectivity index is 2.55. The van der Waals surface area contributed by atoms with Gasteiger partial charge in [0.05, 0.1) is 6.61 Å². The standard InChI is InChI=1S/C40H69O13P/c1-3-5-7-9-11-13-15-16-17-18-19-21-22-24-26-28-33(41)50-30-32(52-34(42)29-27-25-23-20-14-12-10-8-6-4-2)31-51-54(48,49)53-40-38(46)36(44)35(43)37(45)39(40)47/h5,7,11,13,16-17,19,21,32,35-40,43-47H,3-4,6,8-10,12,14-15,18,20,22-31H2,1-2H3,(H,48,49)/b7-5-,13-11-,17-16-,21-19-/t32-,35?,36-,37?,38?,39?,40?/m1/s1. The van der Waals surface area contributed by atoms with Gasteiger partial charge >= 0.3 is 19.8 Å². The molecule has 1 aliphatic rings. The molecule has 8 atom stereocenters. The number of hydrogen-bond donors (Lipinski definition) is 6. The van der Waals surface area contributed by atoms with Crippen molar-refractivity contribution < 1.29 is 63.1 Å². The highest BCUT2D eigenvalue weighted by atomic mass is 31.2. The lowest BCUT2D eigenvalue weighted by Crippen LogP contribution is -2.64. The zero-order valence-electron chi connectivity index (χ0n) is 32.5. The van der Waals surface area contributed by atoms with Crippen LogP contribution in [0.2, 0.25) is 0 Å². The smallest absolute Gasteiger partial charge is 0.462 e. The predicted molar refractivity (Wildman–Crippen MR) is 207 cm³/mol. The first-order valence-electron chi connectivity index (χ1n) is 19.9. The van der Waals surface area contributed by atoms with Crippen LogP contribution < -0.4 is 0 Å². The van der Waals surface area contributed by atoms with Gasteiger partial charge in [0.15, 0.2) is 6.10 Å². The Hall–Kier alpha value is -2.19. The summed E-state index contributed by atoms with van der Waals surface area (Å²) in [7, 11) is -5.12. The van der Waals surface area contributed by atoms with Crippen LogP contribution in [0.3, 0.4) is 0 Å². The first-order chi connectivity index (χ1) is 25.9. The molecule has 6 N–H and O–H groups in total. The number of phosphoric ester groups is 1. The van der Waals surface area contributed by atoms with Gasteiger partial charge in [-0.05, 0) is 51.4 Å². The molecule has 54 heavy (non-hydrogen) atoms. The van der Waals surface area contributed by atoms with Crippen LogP contribution in [0.15, 0.2) is 48.6 Å². The van der Waals surface area contributed by atoms with Crippen LogP contribution in [0.1, 0.15) is 136 Å². The molecule has 0 spiro atoms. The Morgan fingerprint density at radius 1 is 0.593 bits per heavy atom. The molecule has 0 heterocycles. The third-order valence-electron chi connectivity index (χ3n) is 8.93. The molecule has 1 rings (SSSR count). The van der Waals surface area contributed by atoms with E-state index in [1.54, 1.807) is 0 Å². The van der Waals surface area contributed by atoms with Gasteiger partial charge in [-0.15, -0.1) is 0 Å². The van der Waals surface area contributed by atoms with E-state index < -0.39 is 75.7 Å². The normalized spacial score (nSPS) is 23.8. The van der Waals surface area contributed by atoms with E-state index in [0.29, 0.717) is 12.8 Å². The number of carbonyl (C=O) groups is 2. The highest BCUT2D eigenvalue weighted by Crippen LogP contribution is 2.47. The average Bonchev–Trinajstić information content (AvgIpc) is 3.15. The molecule has 0 amide bonds. The second kappa shape index (κ2) is 31.0. The van der Waals surface area contributed by atoms with Gasteiger partial charge in [0.25, 0.3) is 0 Å². The molecular formula is C40H69O13P.